The Balaban J connectivity index is 2.32. The van der Waals surface area contributed by atoms with Gasteiger partial charge in [0, 0.05) is 18.3 Å². The number of aryl methyl sites for hydroxylation is 1. The predicted octanol–water partition coefficient (Wildman–Crippen LogP) is 3.10. The SMILES string of the molecule is COC(=O)CCc1csc(NCCC(C)(C)C)n1. The van der Waals surface area contributed by atoms with Crippen LogP contribution in [-0.4, -0.2) is 24.6 Å². The number of carbonyl (C=O) groups excluding carboxylic acids is 1. The molecule has 4 nitrogen and oxygen atoms in total. The fourth-order valence-corrected chi connectivity index (χ4v) is 2.15. The molecule has 1 aromatic heterocycles. The second-order valence-corrected chi connectivity index (χ2v) is 6.32. The number of methoxy groups -OCH3 is 1. The van der Waals surface area contributed by atoms with Crippen molar-refractivity contribution in [3.63, 3.8) is 0 Å². The molecule has 102 valence electrons. The van der Waals surface area contributed by atoms with E-state index in [2.05, 4.69) is 35.8 Å². The lowest BCUT2D eigenvalue weighted by Gasteiger charge is -2.17. The van der Waals surface area contributed by atoms with E-state index in [4.69, 9.17) is 0 Å². The van der Waals surface area contributed by atoms with Gasteiger partial charge in [-0.3, -0.25) is 4.79 Å². The van der Waals surface area contributed by atoms with Crippen LogP contribution in [0.5, 0.6) is 0 Å². The van der Waals surface area contributed by atoms with E-state index in [0.29, 0.717) is 18.3 Å². The van der Waals surface area contributed by atoms with Crippen LogP contribution in [0.4, 0.5) is 5.13 Å². The van der Waals surface area contributed by atoms with Crippen LogP contribution >= 0.6 is 11.3 Å². The zero-order valence-electron chi connectivity index (χ0n) is 11.6. The molecule has 1 N–H and O–H groups in total. The summed E-state index contributed by atoms with van der Waals surface area (Å²) in [5.41, 5.74) is 1.28. The lowest BCUT2D eigenvalue weighted by Crippen LogP contribution is -2.12. The molecule has 5 heteroatoms. The molecule has 0 saturated carbocycles. The molecule has 0 saturated heterocycles. The molecule has 0 aliphatic carbocycles. The third-order valence-corrected chi connectivity index (χ3v) is 3.36. The number of ether oxygens (including phenoxy) is 1. The Morgan fingerprint density at radius 1 is 1.50 bits per heavy atom. The van der Waals surface area contributed by atoms with Crippen LogP contribution < -0.4 is 5.32 Å². The molecule has 0 aliphatic rings. The Hall–Kier alpha value is -1.10. The average molecular weight is 270 g/mol. The van der Waals surface area contributed by atoms with Crippen LogP contribution in [0.1, 0.15) is 39.3 Å². The summed E-state index contributed by atoms with van der Waals surface area (Å²) in [6.45, 7) is 7.59. The monoisotopic (exact) mass is 270 g/mol. The quantitative estimate of drug-likeness (QED) is 0.807. The number of carbonyl (C=O) groups is 1. The lowest BCUT2D eigenvalue weighted by molar-refractivity contribution is -0.140. The Morgan fingerprint density at radius 2 is 2.22 bits per heavy atom. The fourth-order valence-electron chi connectivity index (χ4n) is 1.38. The minimum atomic E-state index is -0.190. The molecule has 0 amide bonds. The van der Waals surface area contributed by atoms with Gasteiger partial charge in [-0.15, -0.1) is 11.3 Å². The van der Waals surface area contributed by atoms with Gasteiger partial charge in [0.2, 0.25) is 0 Å². The summed E-state index contributed by atoms with van der Waals surface area (Å²) in [6.07, 6.45) is 2.13. The Morgan fingerprint density at radius 3 is 2.83 bits per heavy atom. The first kappa shape index (κ1) is 15.0. The molecule has 1 aromatic rings. The third-order valence-electron chi connectivity index (χ3n) is 2.52. The largest absolute Gasteiger partial charge is 0.469 e. The average Bonchev–Trinajstić information content (AvgIpc) is 2.72. The van der Waals surface area contributed by atoms with Crippen LogP contribution in [0.2, 0.25) is 0 Å². The van der Waals surface area contributed by atoms with Gasteiger partial charge in [0.05, 0.1) is 19.2 Å². The summed E-state index contributed by atoms with van der Waals surface area (Å²) in [5.74, 6) is -0.190. The summed E-state index contributed by atoms with van der Waals surface area (Å²) in [4.78, 5) is 15.4. The van der Waals surface area contributed by atoms with Gasteiger partial charge in [-0.1, -0.05) is 20.8 Å². The summed E-state index contributed by atoms with van der Waals surface area (Å²) in [7, 11) is 1.41. The van der Waals surface area contributed by atoms with Gasteiger partial charge in [-0.05, 0) is 11.8 Å². The number of hydrogen-bond donors (Lipinski definition) is 1. The van der Waals surface area contributed by atoms with E-state index in [1.54, 1.807) is 11.3 Å². The van der Waals surface area contributed by atoms with E-state index in [1.807, 2.05) is 5.38 Å². The lowest BCUT2D eigenvalue weighted by atomic mass is 9.92. The molecule has 0 atom stereocenters. The molecule has 18 heavy (non-hydrogen) atoms. The fraction of sp³-hybridized carbons (Fsp3) is 0.692. The molecule has 1 heterocycles. The summed E-state index contributed by atoms with van der Waals surface area (Å²) >= 11 is 1.59. The van der Waals surface area contributed by atoms with Crippen molar-refractivity contribution < 1.29 is 9.53 Å². The van der Waals surface area contributed by atoms with E-state index >= 15 is 0 Å². The standard InChI is InChI=1S/C13H22N2O2S/c1-13(2,3)7-8-14-12-15-10(9-18-12)5-6-11(16)17-4/h9H,5-8H2,1-4H3,(H,14,15). The predicted molar refractivity (Wildman–Crippen MR) is 75.0 cm³/mol. The smallest absolute Gasteiger partial charge is 0.305 e. The highest BCUT2D eigenvalue weighted by molar-refractivity contribution is 7.13. The van der Waals surface area contributed by atoms with Gasteiger partial charge in [0.25, 0.3) is 0 Å². The zero-order valence-corrected chi connectivity index (χ0v) is 12.4. The van der Waals surface area contributed by atoms with Crippen molar-refractivity contribution in [2.24, 2.45) is 5.41 Å². The Kier molecular flexibility index (Phi) is 5.59. The van der Waals surface area contributed by atoms with Crippen molar-refractivity contribution in [2.75, 3.05) is 19.0 Å². The van der Waals surface area contributed by atoms with Crippen LogP contribution in [0, 0.1) is 5.41 Å². The molecule has 0 aromatic carbocycles. The summed E-state index contributed by atoms with van der Waals surface area (Å²) in [6, 6.07) is 0. The molecule has 1 rings (SSSR count). The molecule has 0 aliphatic heterocycles. The van der Waals surface area contributed by atoms with Crippen LogP contribution in [0.15, 0.2) is 5.38 Å². The van der Waals surface area contributed by atoms with Crippen LogP contribution in [-0.2, 0) is 16.0 Å². The number of hydrogen-bond acceptors (Lipinski definition) is 5. The number of anilines is 1. The maximum Gasteiger partial charge on any atom is 0.305 e. The van der Waals surface area contributed by atoms with Crippen molar-refractivity contribution in [3.8, 4) is 0 Å². The first-order chi connectivity index (χ1) is 8.40. The highest BCUT2D eigenvalue weighted by Crippen LogP contribution is 2.20. The normalized spacial score (nSPS) is 11.3. The van der Waals surface area contributed by atoms with E-state index < -0.39 is 0 Å². The van der Waals surface area contributed by atoms with Gasteiger partial charge in [-0.2, -0.15) is 0 Å². The Labute approximate surface area is 113 Å². The summed E-state index contributed by atoms with van der Waals surface area (Å²) < 4.78 is 4.60. The third kappa shape index (κ3) is 6.00. The molecule has 0 radical (unpaired) electrons. The molecule has 0 spiro atoms. The van der Waals surface area contributed by atoms with Crippen molar-refractivity contribution in [2.45, 2.75) is 40.0 Å². The second kappa shape index (κ2) is 6.73. The molecule has 0 bridgehead atoms. The molecular formula is C13H22N2O2S. The van der Waals surface area contributed by atoms with E-state index in [9.17, 15) is 4.79 Å². The second-order valence-electron chi connectivity index (χ2n) is 5.46. The minimum absolute atomic E-state index is 0.190. The van der Waals surface area contributed by atoms with Crippen molar-refractivity contribution in [1.29, 1.82) is 0 Å². The number of esters is 1. The van der Waals surface area contributed by atoms with Gasteiger partial charge in [-0.25, -0.2) is 4.98 Å². The molecule has 0 fully saturated rings. The van der Waals surface area contributed by atoms with E-state index in [-0.39, 0.29) is 5.97 Å². The maximum absolute atomic E-state index is 11.0. The summed E-state index contributed by atoms with van der Waals surface area (Å²) in [5, 5.41) is 6.23. The molecular weight excluding hydrogens is 248 g/mol. The number of rotatable bonds is 6. The highest BCUT2D eigenvalue weighted by atomic mass is 32.1. The van der Waals surface area contributed by atoms with Gasteiger partial charge in [0.15, 0.2) is 5.13 Å². The number of thiazole rings is 1. The number of aromatic nitrogens is 1. The van der Waals surface area contributed by atoms with Gasteiger partial charge < -0.3 is 10.1 Å². The number of nitrogens with zero attached hydrogens (tertiary/aromatic N) is 1. The zero-order chi connectivity index (χ0) is 13.6. The maximum atomic E-state index is 11.0. The molecule has 0 unspecified atom stereocenters. The van der Waals surface area contributed by atoms with Crippen LogP contribution in [0.3, 0.4) is 0 Å². The number of nitrogens with one attached hydrogen (secondary N) is 1. The topological polar surface area (TPSA) is 51.2 Å². The van der Waals surface area contributed by atoms with Gasteiger partial charge in [0.1, 0.15) is 0 Å². The van der Waals surface area contributed by atoms with Gasteiger partial charge >= 0.3 is 5.97 Å². The van der Waals surface area contributed by atoms with E-state index in [0.717, 1.165) is 23.8 Å². The highest BCUT2D eigenvalue weighted by Gasteiger charge is 2.10. The minimum Gasteiger partial charge on any atom is -0.469 e. The van der Waals surface area contributed by atoms with Crippen molar-refractivity contribution in [1.82, 2.24) is 4.98 Å². The first-order valence-electron chi connectivity index (χ1n) is 6.16. The Bertz CT molecular complexity index is 383. The van der Waals surface area contributed by atoms with Crippen LogP contribution in [0.25, 0.3) is 0 Å². The first-order valence-corrected chi connectivity index (χ1v) is 7.04. The van der Waals surface area contributed by atoms with Crippen molar-refractivity contribution in [3.05, 3.63) is 11.1 Å². The van der Waals surface area contributed by atoms with Crippen molar-refractivity contribution >= 4 is 22.4 Å². The van der Waals surface area contributed by atoms with E-state index in [1.165, 1.54) is 7.11 Å².